The molecule has 114 valence electrons. The first-order valence-corrected chi connectivity index (χ1v) is 7.58. The Morgan fingerprint density at radius 3 is 2.04 bits per heavy atom. The summed E-state index contributed by atoms with van der Waals surface area (Å²) in [5.74, 6) is -0.127. The van der Waals surface area contributed by atoms with E-state index in [-0.39, 0.29) is 5.91 Å². The Morgan fingerprint density at radius 2 is 1.35 bits per heavy atom. The molecule has 0 unspecified atom stereocenters. The molecule has 2 N–H and O–H groups in total. The standard InChI is InChI=1S/C19H15ClN2O/c20-17-8-4-5-9-18(17)21-15-10-12-16(13-11-15)22-19(23)14-6-2-1-3-7-14/h1-13,21H,(H,22,23). The quantitative estimate of drug-likeness (QED) is 0.681. The van der Waals surface area contributed by atoms with Crippen LogP contribution in [0.5, 0.6) is 0 Å². The van der Waals surface area contributed by atoms with E-state index < -0.39 is 0 Å². The molecule has 0 atom stereocenters. The summed E-state index contributed by atoms with van der Waals surface area (Å²) in [6.45, 7) is 0. The van der Waals surface area contributed by atoms with Gasteiger partial charge in [0, 0.05) is 16.9 Å². The van der Waals surface area contributed by atoms with Crippen molar-refractivity contribution in [2.24, 2.45) is 0 Å². The molecule has 0 heterocycles. The van der Waals surface area contributed by atoms with Crippen LogP contribution in [0.2, 0.25) is 5.02 Å². The van der Waals surface area contributed by atoms with Crippen LogP contribution in [0.1, 0.15) is 10.4 Å². The van der Waals surface area contributed by atoms with Gasteiger partial charge in [0.2, 0.25) is 0 Å². The molecule has 4 heteroatoms. The summed E-state index contributed by atoms with van der Waals surface area (Å²) >= 11 is 6.12. The van der Waals surface area contributed by atoms with Crippen molar-refractivity contribution >= 4 is 34.6 Å². The predicted molar refractivity (Wildman–Crippen MR) is 95.6 cm³/mol. The van der Waals surface area contributed by atoms with Crippen LogP contribution in [0, 0.1) is 0 Å². The molecule has 3 nitrogen and oxygen atoms in total. The average Bonchev–Trinajstić information content (AvgIpc) is 2.59. The second kappa shape index (κ2) is 6.99. The molecule has 0 spiro atoms. The van der Waals surface area contributed by atoms with Crippen molar-refractivity contribution in [3.8, 4) is 0 Å². The monoisotopic (exact) mass is 322 g/mol. The number of anilines is 3. The van der Waals surface area contributed by atoms with Gasteiger partial charge in [-0.15, -0.1) is 0 Å². The van der Waals surface area contributed by atoms with Gasteiger partial charge in [-0.25, -0.2) is 0 Å². The van der Waals surface area contributed by atoms with E-state index >= 15 is 0 Å². The van der Waals surface area contributed by atoms with Crippen LogP contribution in [0.3, 0.4) is 0 Å². The third-order valence-corrected chi connectivity index (χ3v) is 3.66. The van der Waals surface area contributed by atoms with Gasteiger partial charge >= 0.3 is 0 Å². The van der Waals surface area contributed by atoms with Crippen molar-refractivity contribution in [3.63, 3.8) is 0 Å². The van der Waals surface area contributed by atoms with Gasteiger partial charge in [-0.1, -0.05) is 41.9 Å². The summed E-state index contributed by atoms with van der Waals surface area (Å²) in [6, 6.07) is 24.1. The van der Waals surface area contributed by atoms with Crippen molar-refractivity contribution in [1.82, 2.24) is 0 Å². The largest absolute Gasteiger partial charge is 0.354 e. The summed E-state index contributed by atoms with van der Waals surface area (Å²) < 4.78 is 0. The lowest BCUT2D eigenvalue weighted by molar-refractivity contribution is 0.102. The first-order valence-electron chi connectivity index (χ1n) is 7.20. The molecule has 0 radical (unpaired) electrons. The molecule has 1 amide bonds. The fourth-order valence-corrected chi connectivity index (χ4v) is 2.33. The van der Waals surface area contributed by atoms with E-state index in [9.17, 15) is 4.79 Å². The smallest absolute Gasteiger partial charge is 0.255 e. The highest BCUT2D eigenvalue weighted by atomic mass is 35.5. The van der Waals surface area contributed by atoms with Gasteiger partial charge in [-0.3, -0.25) is 4.79 Å². The number of amides is 1. The summed E-state index contributed by atoms with van der Waals surface area (Å²) in [6.07, 6.45) is 0. The molecule has 0 bridgehead atoms. The second-order valence-electron chi connectivity index (χ2n) is 5.00. The normalized spacial score (nSPS) is 10.1. The molecule has 0 aromatic heterocycles. The average molecular weight is 323 g/mol. The number of carbonyl (C=O) groups is 1. The van der Waals surface area contributed by atoms with Gasteiger partial charge in [0.1, 0.15) is 0 Å². The van der Waals surface area contributed by atoms with Crippen molar-refractivity contribution in [2.45, 2.75) is 0 Å². The van der Waals surface area contributed by atoms with Crippen molar-refractivity contribution < 1.29 is 4.79 Å². The van der Waals surface area contributed by atoms with Gasteiger partial charge < -0.3 is 10.6 Å². The lowest BCUT2D eigenvalue weighted by Crippen LogP contribution is -2.11. The number of nitrogens with one attached hydrogen (secondary N) is 2. The number of rotatable bonds is 4. The van der Waals surface area contributed by atoms with Crippen LogP contribution in [0.15, 0.2) is 78.9 Å². The highest BCUT2D eigenvalue weighted by molar-refractivity contribution is 6.33. The fraction of sp³-hybridized carbons (Fsp3) is 0. The Bertz CT molecular complexity index is 801. The minimum Gasteiger partial charge on any atom is -0.354 e. The molecular formula is C19H15ClN2O. The zero-order valence-corrected chi connectivity index (χ0v) is 13.0. The number of halogens is 1. The van der Waals surface area contributed by atoms with Crippen LogP contribution in [-0.4, -0.2) is 5.91 Å². The number of hydrogen-bond acceptors (Lipinski definition) is 2. The van der Waals surface area contributed by atoms with Gasteiger partial charge in [0.25, 0.3) is 5.91 Å². The van der Waals surface area contributed by atoms with E-state index in [4.69, 9.17) is 11.6 Å². The van der Waals surface area contributed by atoms with Gasteiger partial charge in [-0.05, 0) is 48.5 Å². The maximum absolute atomic E-state index is 12.1. The van der Waals surface area contributed by atoms with E-state index in [0.29, 0.717) is 10.6 Å². The molecule has 0 fully saturated rings. The van der Waals surface area contributed by atoms with E-state index in [0.717, 1.165) is 17.1 Å². The lowest BCUT2D eigenvalue weighted by atomic mass is 10.2. The van der Waals surface area contributed by atoms with Crippen LogP contribution in [0.4, 0.5) is 17.1 Å². The Hall–Kier alpha value is -2.78. The molecule has 0 saturated heterocycles. The molecule has 0 aliphatic carbocycles. The van der Waals surface area contributed by atoms with Gasteiger partial charge in [0.05, 0.1) is 10.7 Å². The number of hydrogen-bond donors (Lipinski definition) is 2. The van der Waals surface area contributed by atoms with Crippen LogP contribution in [0.25, 0.3) is 0 Å². The minimum atomic E-state index is -0.127. The predicted octanol–water partition coefficient (Wildman–Crippen LogP) is 5.34. The number of carbonyl (C=O) groups excluding carboxylic acids is 1. The fourth-order valence-electron chi connectivity index (χ4n) is 2.15. The molecular weight excluding hydrogens is 308 g/mol. The Morgan fingerprint density at radius 1 is 0.739 bits per heavy atom. The maximum atomic E-state index is 12.1. The van der Waals surface area contributed by atoms with E-state index in [1.54, 1.807) is 12.1 Å². The third kappa shape index (κ3) is 3.90. The number of benzene rings is 3. The summed E-state index contributed by atoms with van der Waals surface area (Å²) in [4.78, 5) is 12.1. The van der Waals surface area contributed by atoms with Crippen LogP contribution < -0.4 is 10.6 Å². The molecule has 0 aliphatic rings. The zero-order chi connectivity index (χ0) is 16.1. The van der Waals surface area contributed by atoms with E-state index in [1.165, 1.54) is 0 Å². The molecule has 0 aliphatic heterocycles. The summed E-state index contributed by atoms with van der Waals surface area (Å²) in [5, 5.41) is 6.77. The number of para-hydroxylation sites is 1. The Labute approximate surface area is 139 Å². The third-order valence-electron chi connectivity index (χ3n) is 3.33. The zero-order valence-electron chi connectivity index (χ0n) is 12.3. The minimum absolute atomic E-state index is 0.127. The molecule has 3 aromatic rings. The highest BCUT2D eigenvalue weighted by Gasteiger charge is 2.05. The molecule has 3 rings (SSSR count). The first-order chi connectivity index (χ1) is 11.2. The molecule has 23 heavy (non-hydrogen) atoms. The molecule has 3 aromatic carbocycles. The van der Waals surface area contributed by atoms with Crippen molar-refractivity contribution in [2.75, 3.05) is 10.6 Å². The van der Waals surface area contributed by atoms with Crippen molar-refractivity contribution in [3.05, 3.63) is 89.4 Å². The highest BCUT2D eigenvalue weighted by Crippen LogP contribution is 2.25. The van der Waals surface area contributed by atoms with Gasteiger partial charge in [-0.2, -0.15) is 0 Å². The first kappa shape index (κ1) is 15.1. The second-order valence-corrected chi connectivity index (χ2v) is 5.41. The van der Waals surface area contributed by atoms with E-state index in [2.05, 4.69) is 10.6 Å². The SMILES string of the molecule is O=C(Nc1ccc(Nc2ccccc2Cl)cc1)c1ccccc1. The van der Waals surface area contributed by atoms with Crippen LogP contribution >= 0.6 is 11.6 Å². The summed E-state index contributed by atoms with van der Waals surface area (Å²) in [5.41, 5.74) is 3.11. The van der Waals surface area contributed by atoms with Crippen LogP contribution in [-0.2, 0) is 0 Å². The summed E-state index contributed by atoms with van der Waals surface area (Å²) in [7, 11) is 0. The molecule has 0 saturated carbocycles. The van der Waals surface area contributed by atoms with Crippen molar-refractivity contribution in [1.29, 1.82) is 0 Å². The van der Waals surface area contributed by atoms with E-state index in [1.807, 2.05) is 66.7 Å². The topological polar surface area (TPSA) is 41.1 Å². The maximum Gasteiger partial charge on any atom is 0.255 e. The Balaban J connectivity index is 1.68. The lowest BCUT2D eigenvalue weighted by Gasteiger charge is -2.10. The Kier molecular flexibility index (Phi) is 4.60. The van der Waals surface area contributed by atoms with Gasteiger partial charge in [0.15, 0.2) is 0 Å².